The van der Waals surface area contributed by atoms with E-state index >= 15 is 0 Å². The number of nitrogens with one attached hydrogen (secondary N) is 3. The number of nitrogens with zero attached hydrogens (tertiary/aromatic N) is 1. The average Bonchev–Trinajstić information content (AvgIpc) is 3.17. The van der Waals surface area contributed by atoms with Gasteiger partial charge in [-0.2, -0.15) is 5.10 Å². The first-order valence-corrected chi connectivity index (χ1v) is 8.50. The van der Waals surface area contributed by atoms with Gasteiger partial charge in [0.25, 0.3) is 0 Å². The lowest BCUT2D eigenvalue weighted by Gasteiger charge is -2.19. The zero-order chi connectivity index (χ0) is 18.4. The van der Waals surface area contributed by atoms with Gasteiger partial charge in [-0.1, -0.05) is 42.0 Å². The summed E-state index contributed by atoms with van der Waals surface area (Å²) in [6.07, 6.45) is 4.02. The second-order valence-corrected chi connectivity index (χ2v) is 6.14. The van der Waals surface area contributed by atoms with Crippen LogP contribution in [0.15, 0.2) is 60.9 Å². The van der Waals surface area contributed by atoms with Gasteiger partial charge < -0.3 is 15.7 Å². The number of H-pyrrole nitrogens is 1. The van der Waals surface area contributed by atoms with Crippen molar-refractivity contribution in [3.63, 3.8) is 0 Å². The van der Waals surface area contributed by atoms with E-state index in [1.165, 1.54) is 0 Å². The molecule has 0 saturated carbocycles. The zero-order valence-corrected chi connectivity index (χ0v) is 14.6. The lowest BCUT2D eigenvalue weighted by Crippen LogP contribution is -2.33. The van der Waals surface area contributed by atoms with Crippen LogP contribution in [0.5, 0.6) is 0 Å². The number of hydrogen-bond donors (Lipinski definition) is 4. The van der Waals surface area contributed by atoms with Gasteiger partial charge in [0.1, 0.15) is 0 Å². The normalized spacial score (nSPS) is 11.8. The van der Waals surface area contributed by atoms with Gasteiger partial charge in [-0.05, 0) is 36.6 Å². The van der Waals surface area contributed by atoms with Crippen molar-refractivity contribution in [2.75, 3.05) is 11.9 Å². The Labute approximate surface area is 152 Å². The number of aryl methyl sites for hydroxylation is 1. The Hall–Kier alpha value is -3.12. The van der Waals surface area contributed by atoms with E-state index in [4.69, 9.17) is 0 Å². The molecule has 0 radical (unpaired) electrons. The van der Waals surface area contributed by atoms with Crippen LogP contribution in [0.25, 0.3) is 11.1 Å². The maximum absolute atomic E-state index is 12.4. The fourth-order valence-electron chi connectivity index (χ4n) is 2.82. The van der Waals surface area contributed by atoms with Crippen LogP contribution in [0.3, 0.4) is 0 Å². The number of amides is 2. The number of aromatic nitrogens is 2. The molecule has 1 unspecified atom stereocenters. The van der Waals surface area contributed by atoms with Gasteiger partial charge in [0.15, 0.2) is 0 Å². The molecule has 0 spiro atoms. The van der Waals surface area contributed by atoms with Crippen LogP contribution >= 0.6 is 0 Å². The van der Waals surface area contributed by atoms with E-state index in [9.17, 15) is 9.90 Å². The summed E-state index contributed by atoms with van der Waals surface area (Å²) >= 11 is 0. The summed E-state index contributed by atoms with van der Waals surface area (Å²) in [4.78, 5) is 12.4. The lowest BCUT2D eigenvalue weighted by molar-refractivity contribution is 0.239. The van der Waals surface area contributed by atoms with Crippen LogP contribution in [-0.2, 0) is 0 Å². The first-order valence-electron chi connectivity index (χ1n) is 8.50. The van der Waals surface area contributed by atoms with Gasteiger partial charge in [0.2, 0.25) is 0 Å². The predicted molar refractivity (Wildman–Crippen MR) is 102 cm³/mol. The number of anilines is 1. The molecule has 6 heteroatoms. The molecule has 134 valence electrons. The highest BCUT2D eigenvalue weighted by molar-refractivity contribution is 5.89. The topological polar surface area (TPSA) is 90.0 Å². The van der Waals surface area contributed by atoms with Gasteiger partial charge in [-0.25, -0.2) is 4.79 Å². The third-order valence-corrected chi connectivity index (χ3v) is 4.14. The van der Waals surface area contributed by atoms with E-state index < -0.39 is 0 Å². The Balaban J connectivity index is 1.64. The molecule has 26 heavy (non-hydrogen) atoms. The highest BCUT2D eigenvalue weighted by Gasteiger charge is 2.14. The molecule has 0 saturated heterocycles. The molecule has 0 fully saturated rings. The maximum atomic E-state index is 12.4. The van der Waals surface area contributed by atoms with Gasteiger partial charge in [0.05, 0.1) is 12.2 Å². The molecule has 0 aliphatic rings. The molecule has 0 aliphatic heterocycles. The van der Waals surface area contributed by atoms with Crippen molar-refractivity contribution in [3.05, 3.63) is 72.1 Å². The smallest absolute Gasteiger partial charge is 0.319 e. The molecule has 3 aromatic rings. The molecule has 2 amide bonds. The second kappa shape index (κ2) is 8.31. The van der Waals surface area contributed by atoms with Crippen molar-refractivity contribution in [3.8, 4) is 11.1 Å². The summed E-state index contributed by atoms with van der Waals surface area (Å²) in [7, 11) is 0. The molecule has 2 aromatic carbocycles. The number of aliphatic hydroxyl groups excluding tert-OH is 1. The van der Waals surface area contributed by atoms with Gasteiger partial charge in [-0.3, -0.25) is 5.10 Å². The minimum Gasteiger partial charge on any atom is -0.396 e. The minimum atomic E-state index is -0.305. The summed E-state index contributed by atoms with van der Waals surface area (Å²) in [6, 6.07) is 14.9. The van der Waals surface area contributed by atoms with E-state index in [2.05, 4.69) is 20.8 Å². The van der Waals surface area contributed by atoms with Gasteiger partial charge >= 0.3 is 6.03 Å². The number of hydrogen-bond acceptors (Lipinski definition) is 3. The number of carbonyl (C=O) groups excluding carboxylic acids is 1. The largest absolute Gasteiger partial charge is 0.396 e. The summed E-state index contributed by atoms with van der Waals surface area (Å²) in [5.74, 6) is 0. The number of rotatable bonds is 6. The Morgan fingerprint density at radius 1 is 1.19 bits per heavy atom. The monoisotopic (exact) mass is 350 g/mol. The third-order valence-electron chi connectivity index (χ3n) is 4.14. The van der Waals surface area contributed by atoms with Gasteiger partial charge in [-0.15, -0.1) is 0 Å². The summed E-state index contributed by atoms with van der Waals surface area (Å²) in [5, 5.41) is 21.8. The Kier molecular flexibility index (Phi) is 5.66. The molecule has 4 N–H and O–H groups in total. The summed E-state index contributed by atoms with van der Waals surface area (Å²) in [5.41, 5.74) is 4.79. The predicted octanol–water partition coefficient (Wildman–Crippen LogP) is 3.63. The van der Waals surface area contributed by atoms with Crippen molar-refractivity contribution in [2.24, 2.45) is 0 Å². The highest BCUT2D eigenvalue weighted by Crippen LogP contribution is 2.21. The number of aromatic amines is 1. The molecular weight excluding hydrogens is 328 g/mol. The van der Waals surface area contributed by atoms with Crippen molar-refractivity contribution in [1.29, 1.82) is 0 Å². The van der Waals surface area contributed by atoms with Crippen molar-refractivity contribution in [1.82, 2.24) is 15.5 Å². The Morgan fingerprint density at radius 3 is 2.65 bits per heavy atom. The van der Waals surface area contributed by atoms with E-state index in [-0.39, 0.29) is 18.7 Å². The van der Waals surface area contributed by atoms with Gasteiger partial charge in [0, 0.05) is 24.1 Å². The van der Waals surface area contributed by atoms with Crippen molar-refractivity contribution < 1.29 is 9.90 Å². The van der Waals surface area contributed by atoms with Crippen LogP contribution in [0.4, 0.5) is 10.5 Å². The third kappa shape index (κ3) is 4.49. The van der Waals surface area contributed by atoms with E-state index in [1.54, 1.807) is 6.20 Å². The van der Waals surface area contributed by atoms with E-state index in [0.29, 0.717) is 12.1 Å². The molecule has 0 aliphatic carbocycles. The van der Waals surface area contributed by atoms with Crippen LogP contribution in [0, 0.1) is 6.92 Å². The van der Waals surface area contributed by atoms with Crippen molar-refractivity contribution in [2.45, 2.75) is 19.4 Å². The Morgan fingerprint density at radius 2 is 2.00 bits per heavy atom. The van der Waals surface area contributed by atoms with Crippen LogP contribution in [-0.4, -0.2) is 27.9 Å². The molecule has 3 rings (SSSR count). The fourth-order valence-corrected chi connectivity index (χ4v) is 2.82. The first-order chi connectivity index (χ1) is 12.7. The van der Waals surface area contributed by atoms with E-state index in [1.807, 2.05) is 61.7 Å². The number of aliphatic hydroxyl groups is 1. The van der Waals surface area contributed by atoms with Crippen LogP contribution in [0.2, 0.25) is 0 Å². The Bertz CT molecular complexity index is 845. The highest BCUT2D eigenvalue weighted by atomic mass is 16.3. The molecule has 0 bridgehead atoms. The van der Waals surface area contributed by atoms with E-state index in [0.717, 1.165) is 22.3 Å². The summed E-state index contributed by atoms with van der Waals surface area (Å²) in [6.45, 7) is 2.00. The zero-order valence-electron chi connectivity index (χ0n) is 14.6. The second-order valence-electron chi connectivity index (χ2n) is 6.14. The SMILES string of the molecule is Cc1cccc(C(CCO)NC(=O)Nc2ccc(-c3cn[nH]c3)cc2)c1. The van der Waals surface area contributed by atoms with Crippen LogP contribution in [0.1, 0.15) is 23.6 Å². The summed E-state index contributed by atoms with van der Waals surface area (Å²) < 4.78 is 0. The molecular formula is C20H22N4O2. The quantitative estimate of drug-likeness (QED) is 0.547. The van der Waals surface area contributed by atoms with Crippen LogP contribution < -0.4 is 10.6 Å². The van der Waals surface area contributed by atoms with Crippen molar-refractivity contribution >= 4 is 11.7 Å². The molecule has 1 atom stereocenters. The standard InChI is InChI=1S/C20H22N4O2/c1-14-3-2-4-16(11-14)19(9-10-25)24-20(26)23-18-7-5-15(6-8-18)17-12-21-22-13-17/h2-8,11-13,19,25H,9-10H2,1H3,(H,21,22)(H2,23,24,26). The first kappa shape index (κ1) is 17.7. The maximum Gasteiger partial charge on any atom is 0.319 e. The number of urea groups is 1. The lowest BCUT2D eigenvalue weighted by atomic mass is 10.0. The minimum absolute atomic E-state index is 0.00170. The number of carbonyl (C=O) groups is 1. The molecule has 1 aromatic heterocycles. The molecule has 1 heterocycles. The molecule has 6 nitrogen and oxygen atoms in total. The fraction of sp³-hybridized carbons (Fsp3) is 0.200. The average molecular weight is 350 g/mol. The number of benzene rings is 2.